The summed E-state index contributed by atoms with van der Waals surface area (Å²) < 4.78 is 28.7. The first-order valence-electron chi connectivity index (χ1n) is 9.99. The van der Waals surface area contributed by atoms with Crippen molar-refractivity contribution in [3.8, 4) is 11.3 Å². The molecule has 1 aromatic carbocycles. The van der Waals surface area contributed by atoms with Crippen LogP contribution in [-0.4, -0.2) is 28.3 Å². The molecule has 2 amide bonds. The van der Waals surface area contributed by atoms with Crippen LogP contribution in [0.3, 0.4) is 0 Å². The van der Waals surface area contributed by atoms with Crippen LogP contribution in [0.5, 0.6) is 0 Å². The highest BCUT2D eigenvalue weighted by Crippen LogP contribution is 2.30. The Balaban J connectivity index is 1.52. The number of hydrogen-bond acceptors (Lipinski definition) is 4. The van der Waals surface area contributed by atoms with Gasteiger partial charge in [-0.1, -0.05) is 12.1 Å². The van der Waals surface area contributed by atoms with Gasteiger partial charge in [0, 0.05) is 24.9 Å². The largest absolute Gasteiger partial charge is 0.356 e. The van der Waals surface area contributed by atoms with Gasteiger partial charge in [-0.2, -0.15) is 0 Å². The smallest absolute Gasteiger partial charge is 0.253 e. The molecule has 6 nitrogen and oxygen atoms in total. The molecule has 5 rings (SSSR count). The van der Waals surface area contributed by atoms with Crippen molar-refractivity contribution in [3.63, 3.8) is 0 Å². The lowest BCUT2D eigenvalue weighted by Crippen LogP contribution is -2.18. The number of nitrogens with one attached hydrogen (secondary N) is 2. The number of rotatable bonds is 4. The van der Waals surface area contributed by atoms with Crippen LogP contribution in [0.15, 0.2) is 42.6 Å². The fourth-order valence-electron chi connectivity index (χ4n) is 4.18. The maximum Gasteiger partial charge on any atom is 0.253 e. The zero-order valence-corrected chi connectivity index (χ0v) is 16.4. The van der Waals surface area contributed by atoms with Gasteiger partial charge in [-0.3, -0.25) is 14.6 Å². The minimum Gasteiger partial charge on any atom is -0.356 e. The van der Waals surface area contributed by atoms with Crippen molar-refractivity contribution >= 4 is 11.8 Å². The van der Waals surface area contributed by atoms with E-state index in [1.54, 1.807) is 12.3 Å². The summed E-state index contributed by atoms with van der Waals surface area (Å²) in [7, 11) is 0. The molecule has 2 aromatic heterocycles. The second kappa shape index (κ2) is 7.54. The number of aromatic nitrogens is 2. The Labute approximate surface area is 176 Å². The van der Waals surface area contributed by atoms with Crippen LogP contribution in [0.2, 0.25) is 0 Å². The Morgan fingerprint density at radius 2 is 1.84 bits per heavy atom. The molecule has 0 bridgehead atoms. The molecule has 0 radical (unpaired) electrons. The number of hydrogen-bond donors (Lipinski definition) is 2. The molecule has 1 unspecified atom stereocenters. The molecule has 0 saturated carbocycles. The molecule has 1 fully saturated rings. The van der Waals surface area contributed by atoms with E-state index in [-0.39, 0.29) is 35.5 Å². The normalized spacial score (nSPS) is 17.4. The summed E-state index contributed by atoms with van der Waals surface area (Å²) in [6.45, 7) is 0.854. The molecule has 0 spiro atoms. The lowest BCUT2D eigenvalue weighted by molar-refractivity contribution is -0.120. The Kier molecular flexibility index (Phi) is 4.69. The van der Waals surface area contributed by atoms with Crippen molar-refractivity contribution in [2.75, 3.05) is 6.54 Å². The maximum atomic E-state index is 14.3. The number of pyridine rings is 2. The first-order valence-corrected chi connectivity index (χ1v) is 9.99. The quantitative estimate of drug-likeness (QED) is 0.680. The van der Waals surface area contributed by atoms with E-state index in [1.807, 2.05) is 12.1 Å². The third kappa shape index (κ3) is 3.43. The fraction of sp³-hybridized carbons (Fsp3) is 0.217. The zero-order chi connectivity index (χ0) is 21.5. The third-order valence-electron chi connectivity index (χ3n) is 5.71. The number of amides is 2. The van der Waals surface area contributed by atoms with Crippen molar-refractivity contribution in [2.24, 2.45) is 0 Å². The van der Waals surface area contributed by atoms with Gasteiger partial charge in [-0.25, -0.2) is 13.8 Å². The van der Waals surface area contributed by atoms with Gasteiger partial charge in [0.25, 0.3) is 5.91 Å². The van der Waals surface area contributed by atoms with E-state index in [9.17, 15) is 18.4 Å². The van der Waals surface area contributed by atoms with Crippen LogP contribution in [0.4, 0.5) is 8.78 Å². The predicted molar refractivity (Wildman–Crippen MR) is 108 cm³/mol. The van der Waals surface area contributed by atoms with E-state index in [0.29, 0.717) is 35.5 Å². The topological polar surface area (TPSA) is 84.0 Å². The summed E-state index contributed by atoms with van der Waals surface area (Å²) in [5.74, 6) is -1.90. The van der Waals surface area contributed by atoms with Crippen molar-refractivity contribution in [1.82, 2.24) is 20.6 Å². The number of nitrogens with zero attached hydrogens (tertiary/aromatic N) is 2. The number of fused-ring (bicyclic) bond motifs is 1. The van der Waals surface area contributed by atoms with E-state index >= 15 is 0 Å². The molecule has 4 heterocycles. The van der Waals surface area contributed by atoms with Gasteiger partial charge < -0.3 is 10.6 Å². The van der Waals surface area contributed by atoms with E-state index < -0.39 is 11.6 Å². The van der Waals surface area contributed by atoms with Gasteiger partial charge in [0.15, 0.2) is 0 Å². The van der Waals surface area contributed by atoms with Gasteiger partial charge in [0.1, 0.15) is 11.6 Å². The summed E-state index contributed by atoms with van der Waals surface area (Å²) in [4.78, 5) is 33.1. The third-order valence-corrected chi connectivity index (χ3v) is 5.71. The van der Waals surface area contributed by atoms with Crippen LogP contribution < -0.4 is 10.6 Å². The van der Waals surface area contributed by atoms with Gasteiger partial charge in [-0.05, 0) is 41.8 Å². The molecule has 3 aromatic rings. The standard InChI is InChI=1S/C23H18F2N4O2/c24-16-2-1-3-17(25)21(16)18-9-13(20-19(29-18)11-28-23(20)31)8-14-5-4-12(10-27-14)15-6-7-26-22(15)30/h1-5,9-10,15H,6-8,11H2,(H,26,30)(H,28,31). The lowest BCUT2D eigenvalue weighted by atomic mass is 9.97. The molecule has 2 N–H and O–H groups in total. The van der Waals surface area contributed by atoms with Gasteiger partial charge in [0.05, 0.1) is 35.0 Å². The second-order valence-electron chi connectivity index (χ2n) is 7.66. The SMILES string of the molecule is O=C1NCc2nc(-c3c(F)cccc3F)cc(Cc3ccc(C4CCNC4=O)cn3)c21. The van der Waals surface area contributed by atoms with Gasteiger partial charge in [0.2, 0.25) is 5.91 Å². The van der Waals surface area contributed by atoms with Crippen LogP contribution in [-0.2, 0) is 17.8 Å². The van der Waals surface area contributed by atoms with Crippen molar-refractivity contribution in [3.05, 3.63) is 82.3 Å². The molecular weight excluding hydrogens is 402 g/mol. The first kappa shape index (κ1) is 19.3. The summed E-state index contributed by atoms with van der Waals surface area (Å²) in [5, 5.41) is 5.52. The molecular formula is C23H18F2N4O2. The molecule has 1 atom stereocenters. The first-order chi connectivity index (χ1) is 15.0. The second-order valence-corrected chi connectivity index (χ2v) is 7.66. The van der Waals surface area contributed by atoms with E-state index in [1.165, 1.54) is 18.2 Å². The molecule has 31 heavy (non-hydrogen) atoms. The molecule has 0 aliphatic carbocycles. The molecule has 156 valence electrons. The van der Waals surface area contributed by atoms with Gasteiger partial charge in [-0.15, -0.1) is 0 Å². The summed E-state index contributed by atoms with van der Waals surface area (Å²) >= 11 is 0. The summed E-state index contributed by atoms with van der Waals surface area (Å²) in [6, 6.07) is 8.86. The average Bonchev–Trinajstić information content (AvgIpc) is 3.34. The number of halogens is 2. The Morgan fingerprint density at radius 1 is 1.03 bits per heavy atom. The average molecular weight is 420 g/mol. The van der Waals surface area contributed by atoms with Crippen LogP contribution in [0, 0.1) is 11.6 Å². The molecule has 2 aliphatic heterocycles. The van der Waals surface area contributed by atoms with Crippen molar-refractivity contribution in [2.45, 2.75) is 25.3 Å². The van der Waals surface area contributed by atoms with Gasteiger partial charge >= 0.3 is 0 Å². The van der Waals surface area contributed by atoms with Crippen LogP contribution in [0.25, 0.3) is 11.3 Å². The minimum atomic E-state index is -0.715. The number of carbonyl (C=O) groups is 2. The highest BCUT2D eigenvalue weighted by atomic mass is 19.1. The highest BCUT2D eigenvalue weighted by Gasteiger charge is 2.28. The van der Waals surface area contributed by atoms with Crippen molar-refractivity contribution < 1.29 is 18.4 Å². The Morgan fingerprint density at radius 3 is 2.52 bits per heavy atom. The Hall–Kier alpha value is -3.68. The summed E-state index contributed by atoms with van der Waals surface area (Å²) in [5.41, 5.74) is 2.90. The van der Waals surface area contributed by atoms with E-state index in [4.69, 9.17) is 0 Å². The predicted octanol–water partition coefficient (Wildman–Crippen LogP) is 2.86. The maximum absolute atomic E-state index is 14.3. The van der Waals surface area contributed by atoms with E-state index in [2.05, 4.69) is 20.6 Å². The van der Waals surface area contributed by atoms with E-state index in [0.717, 1.165) is 12.0 Å². The minimum absolute atomic E-state index is 0.00488. The van der Waals surface area contributed by atoms with Crippen molar-refractivity contribution in [1.29, 1.82) is 0 Å². The van der Waals surface area contributed by atoms with Crippen LogP contribution >= 0.6 is 0 Å². The van der Waals surface area contributed by atoms with Crippen LogP contribution in [0.1, 0.15) is 45.2 Å². The molecule has 2 aliphatic rings. The summed E-state index contributed by atoms with van der Waals surface area (Å²) in [6.07, 6.45) is 2.69. The number of carbonyl (C=O) groups excluding carboxylic acids is 2. The molecule has 8 heteroatoms. The number of benzene rings is 1. The molecule has 1 saturated heterocycles. The zero-order valence-electron chi connectivity index (χ0n) is 16.4. The highest BCUT2D eigenvalue weighted by molar-refractivity contribution is 5.99. The fourth-order valence-corrected chi connectivity index (χ4v) is 4.18. The Bertz CT molecular complexity index is 1190. The lowest BCUT2D eigenvalue weighted by Gasteiger charge is -2.12. The monoisotopic (exact) mass is 420 g/mol.